The van der Waals surface area contributed by atoms with Crippen molar-refractivity contribution in [3.63, 3.8) is 0 Å². The number of nitrogens with two attached hydrogens (primary N) is 1. The maximum atomic E-state index is 12.3. The van der Waals surface area contributed by atoms with E-state index in [1.165, 1.54) is 0 Å². The van der Waals surface area contributed by atoms with E-state index in [0.717, 1.165) is 0 Å². The van der Waals surface area contributed by atoms with E-state index in [2.05, 4.69) is 10.6 Å². The Hall–Kier alpha value is -1.63. The minimum Gasteiger partial charge on any atom is -0.341 e. The number of imide groups is 1. The molecule has 1 unspecified atom stereocenters. The second-order valence-corrected chi connectivity index (χ2v) is 6.66. The van der Waals surface area contributed by atoms with Crippen LogP contribution < -0.4 is 16.4 Å². The van der Waals surface area contributed by atoms with Crippen LogP contribution in [-0.2, 0) is 9.59 Å². The first-order chi connectivity index (χ1) is 9.16. The molecule has 7 nitrogen and oxygen atoms in total. The Morgan fingerprint density at radius 1 is 1.30 bits per heavy atom. The van der Waals surface area contributed by atoms with Crippen molar-refractivity contribution < 1.29 is 14.4 Å². The van der Waals surface area contributed by atoms with Gasteiger partial charge in [-0.25, -0.2) is 4.79 Å². The highest BCUT2D eigenvalue weighted by Crippen LogP contribution is 2.27. The Labute approximate surface area is 118 Å². The van der Waals surface area contributed by atoms with Gasteiger partial charge in [-0.3, -0.25) is 14.9 Å². The number of hydrogen-bond acceptors (Lipinski definition) is 4. The third kappa shape index (κ3) is 2.49. The molecule has 2 aliphatic rings. The predicted octanol–water partition coefficient (Wildman–Crippen LogP) is -0.440. The molecule has 2 saturated heterocycles. The van der Waals surface area contributed by atoms with Crippen LogP contribution in [-0.4, -0.2) is 47.4 Å². The molecule has 2 rings (SSSR count). The highest BCUT2D eigenvalue weighted by atomic mass is 16.2. The van der Waals surface area contributed by atoms with Gasteiger partial charge in [0.15, 0.2) is 0 Å². The number of carbonyl (C=O) groups is 3. The SMILES string of the molecule is CC(C)(C)C(N)C(=O)N1CCC2(CC1)NC(=O)NC2=O. The van der Waals surface area contributed by atoms with E-state index < -0.39 is 17.6 Å². The summed E-state index contributed by atoms with van der Waals surface area (Å²) in [5, 5.41) is 4.92. The molecule has 0 aromatic heterocycles. The van der Waals surface area contributed by atoms with Crippen molar-refractivity contribution in [2.75, 3.05) is 13.1 Å². The summed E-state index contributed by atoms with van der Waals surface area (Å²) < 4.78 is 0. The number of piperidine rings is 1. The molecule has 0 aromatic carbocycles. The molecule has 20 heavy (non-hydrogen) atoms. The van der Waals surface area contributed by atoms with Gasteiger partial charge in [0.25, 0.3) is 5.91 Å². The Morgan fingerprint density at radius 3 is 2.25 bits per heavy atom. The van der Waals surface area contributed by atoms with Gasteiger partial charge >= 0.3 is 6.03 Å². The number of amides is 4. The van der Waals surface area contributed by atoms with Crippen LogP contribution in [0.4, 0.5) is 4.79 Å². The highest BCUT2D eigenvalue weighted by Gasteiger charge is 2.48. The van der Waals surface area contributed by atoms with Crippen molar-refractivity contribution in [2.45, 2.75) is 45.2 Å². The van der Waals surface area contributed by atoms with Gasteiger partial charge in [-0.15, -0.1) is 0 Å². The molecule has 2 fully saturated rings. The van der Waals surface area contributed by atoms with Gasteiger partial charge in [-0.05, 0) is 18.3 Å². The Kier molecular flexibility index (Phi) is 3.49. The second-order valence-electron chi connectivity index (χ2n) is 6.66. The molecule has 1 atom stereocenters. The van der Waals surface area contributed by atoms with Gasteiger partial charge in [-0.2, -0.15) is 0 Å². The van der Waals surface area contributed by atoms with Gasteiger partial charge < -0.3 is 16.0 Å². The molecule has 4 amide bonds. The molecule has 112 valence electrons. The summed E-state index contributed by atoms with van der Waals surface area (Å²) in [6.45, 7) is 6.62. The smallest absolute Gasteiger partial charge is 0.322 e. The lowest BCUT2D eigenvalue weighted by molar-refractivity contribution is -0.138. The number of nitrogens with one attached hydrogen (secondary N) is 2. The lowest BCUT2D eigenvalue weighted by atomic mass is 9.84. The fraction of sp³-hybridized carbons (Fsp3) is 0.769. The van der Waals surface area contributed by atoms with Crippen molar-refractivity contribution in [1.82, 2.24) is 15.5 Å². The van der Waals surface area contributed by atoms with E-state index >= 15 is 0 Å². The Balaban J connectivity index is 2.00. The number of nitrogens with zero attached hydrogens (tertiary/aromatic N) is 1. The number of urea groups is 1. The van der Waals surface area contributed by atoms with E-state index in [-0.39, 0.29) is 17.2 Å². The Bertz CT molecular complexity index is 447. The molecule has 0 saturated carbocycles. The van der Waals surface area contributed by atoms with Gasteiger partial charge in [0.2, 0.25) is 5.91 Å². The molecule has 0 radical (unpaired) electrons. The molecular formula is C13H22N4O3. The summed E-state index contributed by atoms with van der Waals surface area (Å²) in [7, 11) is 0. The van der Waals surface area contributed by atoms with Crippen molar-refractivity contribution in [3.05, 3.63) is 0 Å². The van der Waals surface area contributed by atoms with E-state index in [1.807, 2.05) is 20.8 Å². The molecule has 0 bridgehead atoms. The maximum Gasteiger partial charge on any atom is 0.322 e. The third-order valence-electron chi connectivity index (χ3n) is 4.14. The minimum absolute atomic E-state index is 0.0999. The van der Waals surface area contributed by atoms with Crippen LogP contribution in [0.3, 0.4) is 0 Å². The average Bonchev–Trinajstić information content (AvgIpc) is 2.62. The first kappa shape index (κ1) is 14.8. The van der Waals surface area contributed by atoms with E-state index in [9.17, 15) is 14.4 Å². The quantitative estimate of drug-likeness (QED) is 0.567. The van der Waals surface area contributed by atoms with Crippen LogP contribution in [0.2, 0.25) is 0 Å². The van der Waals surface area contributed by atoms with Crippen LogP contribution in [0.25, 0.3) is 0 Å². The zero-order valence-corrected chi connectivity index (χ0v) is 12.2. The zero-order valence-electron chi connectivity index (χ0n) is 12.2. The van der Waals surface area contributed by atoms with Gasteiger partial charge in [-0.1, -0.05) is 20.8 Å². The molecule has 2 heterocycles. The number of hydrogen-bond donors (Lipinski definition) is 3. The van der Waals surface area contributed by atoms with Gasteiger partial charge in [0.05, 0.1) is 6.04 Å². The highest BCUT2D eigenvalue weighted by molar-refractivity contribution is 6.07. The maximum absolute atomic E-state index is 12.3. The number of likely N-dealkylation sites (tertiary alicyclic amines) is 1. The summed E-state index contributed by atoms with van der Waals surface area (Å²) in [5.74, 6) is -0.396. The molecule has 0 aliphatic carbocycles. The predicted molar refractivity (Wildman–Crippen MR) is 72.6 cm³/mol. The van der Waals surface area contributed by atoms with Crippen LogP contribution >= 0.6 is 0 Å². The molecular weight excluding hydrogens is 260 g/mol. The van der Waals surface area contributed by atoms with Gasteiger partial charge in [0, 0.05) is 13.1 Å². The first-order valence-corrected chi connectivity index (χ1v) is 6.84. The lowest BCUT2D eigenvalue weighted by Gasteiger charge is -2.39. The molecule has 1 spiro atoms. The normalized spacial score (nSPS) is 23.5. The average molecular weight is 282 g/mol. The first-order valence-electron chi connectivity index (χ1n) is 6.84. The molecule has 2 aliphatic heterocycles. The van der Waals surface area contributed by atoms with Crippen LogP contribution in [0.15, 0.2) is 0 Å². The monoisotopic (exact) mass is 282 g/mol. The van der Waals surface area contributed by atoms with E-state index in [1.54, 1.807) is 4.90 Å². The standard InChI is InChI=1S/C13H22N4O3/c1-12(2,3)8(14)9(18)17-6-4-13(5-7-17)10(19)15-11(20)16-13/h8H,4-7,14H2,1-3H3,(H2,15,16,19,20). The number of carbonyl (C=O) groups excluding carboxylic acids is 3. The van der Waals surface area contributed by atoms with Crippen molar-refractivity contribution >= 4 is 17.8 Å². The third-order valence-corrected chi connectivity index (χ3v) is 4.14. The Morgan fingerprint density at radius 2 is 1.85 bits per heavy atom. The largest absolute Gasteiger partial charge is 0.341 e. The number of rotatable bonds is 1. The fourth-order valence-corrected chi connectivity index (χ4v) is 2.56. The summed E-state index contributed by atoms with van der Waals surface area (Å²) in [6, 6.07) is -1.02. The fourth-order valence-electron chi connectivity index (χ4n) is 2.56. The molecule has 4 N–H and O–H groups in total. The summed E-state index contributed by atoms with van der Waals surface area (Å²) in [4.78, 5) is 37.0. The summed E-state index contributed by atoms with van der Waals surface area (Å²) in [6.07, 6.45) is 0.848. The van der Waals surface area contributed by atoms with Crippen LogP contribution in [0.5, 0.6) is 0 Å². The topological polar surface area (TPSA) is 105 Å². The summed E-state index contributed by atoms with van der Waals surface area (Å²) >= 11 is 0. The van der Waals surface area contributed by atoms with Gasteiger partial charge in [0.1, 0.15) is 5.54 Å². The van der Waals surface area contributed by atoms with Crippen LogP contribution in [0, 0.1) is 5.41 Å². The van der Waals surface area contributed by atoms with Crippen molar-refractivity contribution in [3.8, 4) is 0 Å². The minimum atomic E-state index is -0.848. The van der Waals surface area contributed by atoms with E-state index in [4.69, 9.17) is 5.73 Å². The summed E-state index contributed by atoms with van der Waals surface area (Å²) in [5.41, 5.74) is 4.83. The van der Waals surface area contributed by atoms with Crippen LogP contribution in [0.1, 0.15) is 33.6 Å². The zero-order chi connectivity index (χ0) is 15.1. The second kappa shape index (κ2) is 4.73. The van der Waals surface area contributed by atoms with Crippen molar-refractivity contribution in [1.29, 1.82) is 0 Å². The lowest BCUT2D eigenvalue weighted by Crippen LogP contribution is -2.59. The van der Waals surface area contributed by atoms with E-state index in [0.29, 0.717) is 25.9 Å². The van der Waals surface area contributed by atoms with Crippen molar-refractivity contribution in [2.24, 2.45) is 11.1 Å². The molecule has 0 aromatic rings. The molecule has 7 heteroatoms.